The van der Waals surface area contributed by atoms with Crippen molar-refractivity contribution in [2.24, 2.45) is 0 Å². The predicted octanol–water partition coefficient (Wildman–Crippen LogP) is 1.02. The third kappa shape index (κ3) is 2.16. The molecule has 90 valence electrons. The first-order valence-electron chi connectivity index (χ1n) is 4.82. The Labute approximate surface area is 97.4 Å². The summed E-state index contributed by atoms with van der Waals surface area (Å²) in [5, 5.41) is 6.38. The molecule has 0 saturated heterocycles. The fraction of sp³-hybridized carbons (Fsp3) is 0.222. The molecular weight excluding hydrogens is 247 g/mol. The Morgan fingerprint density at radius 1 is 1.29 bits per heavy atom. The molecule has 6 nitrogen and oxygen atoms in total. The van der Waals surface area contributed by atoms with Crippen molar-refractivity contribution < 1.29 is 12.3 Å². The van der Waals surface area contributed by atoms with E-state index in [0.717, 1.165) is 0 Å². The lowest BCUT2D eigenvalue weighted by Gasteiger charge is -2.04. The standard InChI is InChI=1S/C9H9FN4O2S/c1-2-14-8(7-3-5-11-6-4-7)12-13-9(14)17(10,15)16/h3-6H,2H2,1H3. The van der Waals surface area contributed by atoms with Gasteiger partial charge in [-0.25, -0.2) is 0 Å². The van der Waals surface area contributed by atoms with E-state index in [-0.39, 0.29) is 6.54 Å². The highest BCUT2D eigenvalue weighted by atomic mass is 32.3. The molecule has 17 heavy (non-hydrogen) atoms. The van der Waals surface area contributed by atoms with Crippen molar-refractivity contribution in [2.75, 3.05) is 0 Å². The SMILES string of the molecule is CCn1c(-c2ccncc2)nnc1S(=O)(=O)F. The number of aromatic nitrogens is 4. The van der Waals surface area contributed by atoms with Crippen LogP contribution in [0.3, 0.4) is 0 Å². The molecule has 0 unspecified atom stereocenters. The molecule has 0 bridgehead atoms. The Kier molecular flexibility index (Phi) is 2.88. The van der Waals surface area contributed by atoms with Crippen molar-refractivity contribution in [1.82, 2.24) is 19.7 Å². The fourth-order valence-electron chi connectivity index (χ4n) is 1.47. The van der Waals surface area contributed by atoms with Crippen LogP contribution in [-0.4, -0.2) is 28.2 Å². The molecule has 0 radical (unpaired) electrons. The zero-order valence-electron chi connectivity index (χ0n) is 8.91. The van der Waals surface area contributed by atoms with Gasteiger partial charge < -0.3 is 0 Å². The lowest BCUT2D eigenvalue weighted by molar-refractivity contribution is 0.527. The highest BCUT2D eigenvalue weighted by Crippen LogP contribution is 2.20. The van der Waals surface area contributed by atoms with Gasteiger partial charge in [-0.3, -0.25) is 9.55 Å². The average molecular weight is 256 g/mol. The van der Waals surface area contributed by atoms with Crippen molar-refractivity contribution in [3.8, 4) is 11.4 Å². The summed E-state index contributed by atoms with van der Waals surface area (Å²) in [6, 6.07) is 3.29. The van der Waals surface area contributed by atoms with E-state index >= 15 is 0 Å². The lowest BCUT2D eigenvalue weighted by atomic mass is 10.2. The summed E-state index contributed by atoms with van der Waals surface area (Å²) in [6.45, 7) is 1.94. The summed E-state index contributed by atoms with van der Waals surface area (Å²) in [7, 11) is -4.86. The minimum atomic E-state index is -4.86. The maximum absolute atomic E-state index is 12.9. The van der Waals surface area contributed by atoms with Gasteiger partial charge in [-0.15, -0.1) is 10.2 Å². The van der Waals surface area contributed by atoms with E-state index in [1.165, 1.54) is 17.0 Å². The number of hydrogen-bond acceptors (Lipinski definition) is 5. The number of nitrogens with zero attached hydrogens (tertiary/aromatic N) is 4. The summed E-state index contributed by atoms with van der Waals surface area (Å²) in [4.78, 5) is 3.83. The van der Waals surface area contributed by atoms with Gasteiger partial charge in [0.1, 0.15) is 0 Å². The van der Waals surface area contributed by atoms with Gasteiger partial charge in [-0.05, 0) is 19.1 Å². The van der Waals surface area contributed by atoms with Crippen LogP contribution in [0.25, 0.3) is 11.4 Å². The molecule has 0 aliphatic rings. The van der Waals surface area contributed by atoms with E-state index in [2.05, 4.69) is 15.2 Å². The molecule has 0 aromatic carbocycles. The highest BCUT2D eigenvalue weighted by Gasteiger charge is 2.23. The van der Waals surface area contributed by atoms with Crippen LogP contribution in [0.4, 0.5) is 3.89 Å². The van der Waals surface area contributed by atoms with Crippen LogP contribution >= 0.6 is 0 Å². The largest absolute Gasteiger partial charge is 0.368 e. The van der Waals surface area contributed by atoms with Crippen molar-refractivity contribution >= 4 is 10.2 Å². The number of rotatable bonds is 3. The van der Waals surface area contributed by atoms with Crippen LogP contribution in [0.15, 0.2) is 29.7 Å². The molecule has 2 rings (SSSR count). The van der Waals surface area contributed by atoms with Gasteiger partial charge >= 0.3 is 10.2 Å². The summed E-state index contributed by atoms with van der Waals surface area (Å²) < 4.78 is 35.8. The van der Waals surface area contributed by atoms with E-state index in [4.69, 9.17) is 0 Å². The molecule has 2 aromatic rings. The third-order valence-electron chi connectivity index (χ3n) is 2.19. The van der Waals surface area contributed by atoms with Crippen LogP contribution in [0.2, 0.25) is 0 Å². The van der Waals surface area contributed by atoms with Crippen molar-refractivity contribution in [2.45, 2.75) is 18.6 Å². The summed E-state index contributed by atoms with van der Waals surface area (Å²) in [5.74, 6) is 0.297. The molecule has 2 aromatic heterocycles. The number of hydrogen-bond donors (Lipinski definition) is 0. The van der Waals surface area contributed by atoms with Crippen molar-refractivity contribution in [3.63, 3.8) is 0 Å². The molecule has 0 aliphatic carbocycles. The van der Waals surface area contributed by atoms with E-state index in [1.807, 2.05) is 0 Å². The van der Waals surface area contributed by atoms with E-state index < -0.39 is 15.4 Å². The molecule has 0 amide bonds. The first-order valence-corrected chi connectivity index (χ1v) is 6.20. The van der Waals surface area contributed by atoms with Gasteiger partial charge in [-0.1, -0.05) is 3.89 Å². The Hall–Kier alpha value is -1.83. The summed E-state index contributed by atoms with van der Waals surface area (Å²) in [6.07, 6.45) is 3.07. The average Bonchev–Trinajstić information content (AvgIpc) is 2.73. The van der Waals surface area contributed by atoms with Crippen LogP contribution in [-0.2, 0) is 16.8 Å². The Balaban J connectivity index is 2.62. The molecule has 0 atom stereocenters. The van der Waals surface area contributed by atoms with Gasteiger partial charge in [0.15, 0.2) is 5.82 Å². The highest BCUT2D eigenvalue weighted by molar-refractivity contribution is 7.86. The van der Waals surface area contributed by atoms with Crippen LogP contribution in [0, 0.1) is 0 Å². The zero-order chi connectivity index (χ0) is 12.5. The number of halogens is 1. The van der Waals surface area contributed by atoms with Gasteiger partial charge in [0.2, 0.25) is 0 Å². The third-order valence-corrected chi connectivity index (χ3v) is 2.93. The van der Waals surface area contributed by atoms with E-state index in [0.29, 0.717) is 11.4 Å². The second-order valence-electron chi connectivity index (χ2n) is 3.22. The lowest BCUT2D eigenvalue weighted by Crippen LogP contribution is -2.06. The first-order chi connectivity index (χ1) is 8.04. The Morgan fingerprint density at radius 2 is 1.94 bits per heavy atom. The van der Waals surface area contributed by atoms with Gasteiger partial charge in [0.25, 0.3) is 5.16 Å². The zero-order valence-corrected chi connectivity index (χ0v) is 9.72. The molecule has 0 spiro atoms. The number of pyridine rings is 1. The smallest absolute Gasteiger partial charge is 0.296 e. The maximum atomic E-state index is 12.9. The fourth-order valence-corrected chi connectivity index (χ4v) is 2.09. The normalized spacial score (nSPS) is 11.6. The molecule has 0 N–H and O–H groups in total. The minimum Gasteiger partial charge on any atom is -0.296 e. The van der Waals surface area contributed by atoms with E-state index in [1.54, 1.807) is 19.1 Å². The minimum absolute atomic E-state index is 0.253. The van der Waals surface area contributed by atoms with E-state index in [9.17, 15) is 12.3 Å². The topological polar surface area (TPSA) is 77.7 Å². The van der Waals surface area contributed by atoms with Crippen molar-refractivity contribution in [1.29, 1.82) is 0 Å². The van der Waals surface area contributed by atoms with Gasteiger partial charge in [-0.2, -0.15) is 8.42 Å². The molecular formula is C9H9FN4O2S. The Morgan fingerprint density at radius 3 is 2.47 bits per heavy atom. The van der Waals surface area contributed by atoms with Gasteiger partial charge in [0.05, 0.1) is 0 Å². The predicted molar refractivity (Wildman–Crippen MR) is 57.2 cm³/mol. The monoisotopic (exact) mass is 256 g/mol. The van der Waals surface area contributed by atoms with Crippen LogP contribution < -0.4 is 0 Å². The van der Waals surface area contributed by atoms with Crippen molar-refractivity contribution in [3.05, 3.63) is 24.5 Å². The molecule has 0 fully saturated rings. The second-order valence-corrected chi connectivity index (χ2v) is 4.47. The van der Waals surface area contributed by atoms with Gasteiger partial charge in [0, 0.05) is 24.5 Å². The molecule has 0 aliphatic heterocycles. The molecule has 0 saturated carbocycles. The first kappa shape index (κ1) is 11.6. The van der Waals surface area contributed by atoms with Crippen LogP contribution in [0.5, 0.6) is 0 Å². The summed E-state index contributed by atoms with van der Waals surface area (Å²) >= 11 is 0. The summed E-state index contributed by atoms with van der Waals surface area (Å²) in [5.41, 5.74) is 0.629. The van der Waals surface area contributed by atoms with Crippen LogP contribution in [0.1, 0.15) is 6.92 Å². The molecule has 2 heterocycles. The Bertz CT molecular complexity index is 624. The molecule has 8 heteroatoms. The maximum Gasteiger partial charge on any atom is 0.368 e. The second kappa shape index (κ2) is 4.21. The quantitative estimate of drug-likeness (QED) is 0.766.